The van der Waals surface area contributed by atoms with E-state index in [4.69, 9.17) is 0 Å². The van der Waals surface area contributed by atoms with Crippen molar-refractivity contribution in [3.8, 4) is 0 Å². The van der Waals surface area contributed by atoms with E-state index in [2.05, 4.69) is 0 Å². The molecule has 0 saturated carbocycles. The third kappa shape index (κ3) is 2.61. The highest BCUT2D eigenvalue weighted by molar-refractivity contribution is 5.79. The van der Waals surface area contributed by atoms with Crippen molar-refractivity contribution in [3.05, 3.63) is 39.7 Å². The van der Waals surface area contributed by atoms with Crippen molar-refractivity contribution >= 4 is 11.7 Å². The molecule has 1 atom stereocenters. The Morgan fingerprint density at radius 2 is 2.29 bits per heavy atom. The Labute approximate surface area is 121 Å². The fourth-order valence-corrected chi connectivity index (χ4v) is 2.99. The van der Waals surface area contributed by atoms with Gasteiger partial charge in [0, 0.05) is 18.2 Å². The molecule has 0 aromatic heterocycles. The molecule has 21 heavy (non-hydrogen) atoms. The first kappa shape index (κ1) is 15.4. The molecular weight excluding hydrogens is 279 g/mol. The summed E-state index contributed by atoms with van der Waals surface area (Å²) in [5.41, 5.74) is -1.42. The van der Waals surface area contributed by atoms with Crippen LogP contribution in [0.1, 0.15) is 31.7 Å². The monoisotopic (exact) mass is 296 g/mol. The topological polar surface area (TPSA) is 83.7 Å². The zero-order valence-electron chi connectivity index (χ0n) is 11.7. The van der Waals surface area contributed by atoms with Crippen LogP contribution in [0.25, 0.3) is 0 Å². The first-order valence-electron chi connectivity index (χ1n) is 6.82. The lowest BCUT2D eigenvalue weighted by atomic mass is 9.92. The van der Waals surface area contributed by atoms with Gasteiger partial charge in [-0.3, -0.25) is 19.8 Å². The van der Waals surface area contributed by atoms with E-state index >= 15 is 0 Å². The van der Waals surface area contributed by atoms with Crippen molar-refractivity contribution in [1.82, 2.24) is 4.90 Å². The van der Waals surface area contributed by atoms with Crippen LogP contribution in [0.3, 0.4) is 0 Å². The number of halogens is 1. The molecule has 0 radical (unpaired) electrons. The second-order valence-corrected chi connectivity index (χ2v) is 5.22. The second kappa shape index (κ2) is 5.77. The van der Waals surface area contributed by atoms with Crippen LogP contribution in [0.15, 0.2) is 18.2 Å². The average molecular weight is 296 g/mol. The maximum absolute atomic E-state index is 14.1. The average Bonchev–Trinajstić information content (AvgIpc) is 2.84. The van der Waals surface area contributed by atoms with Gasteiger partial charge in [-0.05, 0) is 25.8 Å². The molecule has 1 aliphatic rings. The number of likely N-dealkylation sites (tertiary alicyclic amines) is 1. The quantitative estimate of drug-likeness (QED) is 0.667. The van der Waals surface area contributed by atoms with Crippen molar-refractivity contribution in [2.45, 2.75) is 38.3 Å². The van der Waals surface area contributed by atoms with Gasteiger partial charge in [-0.2, -0.15) is 4.39 Å². The fourth-order valence-electron chi connectivity index (χ4n) is 2.99. The van der Waals surface area contributed by atoms with Crippen LogP contribution in [0.5, 0.6) is 0 Å². The molecule has 0 aliphatic carbocycles. The van der Waals surface area contributed by atoms with E-state index in [9.17, 15) is 24.4 Å². The van der Waals surface area contributed by atoms with Crippen LogP contribution < -0.4 is 0 Å². The minimum atomic E-state index is -1.00. The number of nitrogens with zero attached hydrogens (tertiary/aromatic N) is 2. The summed E-state index contributed by atoms with van der Waals surface area (Å²) in [6.45, 7) is 2.40. The Morgan fingerprint density at radius 1 is 1.57 bits per heavy atom. The second-order valence-electron chi connectivity index (χ2n) is 5.22. The minimum absolute atomic E-state index is 0.0631. The molecule has 1 aliphatic heterocycles. The normalized spacial score (nSPS) is 22.4. The number of hydrogen-bond donors (Lipinski definition) is 1. The predicted molar refractivity (Wildman–Crippen MR) is 73.4 cm³/mol. The Kier molecular flexibility index (Phi) is 4.22. The van der Waals surface area contributed by atoms with Crippen molar-refractivity contribution in [2.24, 2.45) is 0 Å². The first-order chi connectivity index (χ1) is 9.92. The van der Waals surface area contributed by atoms with E-state index < -0.39 is 27.9 Å². The molecule has 114 valence electrons. The summed E-state index contributed by atoms with van der Waals surface area (Å²) in [6, 6.07) is 3.98. The van der Waals surface area contributed by atoms with Crippen molar-refractivity contribution in [3.63, 3.8) is 0 Å². The van der Waals surface area contributed by atoms with Crippen molar-refractivity contribution in [1.29, 1.82) is 0 Å². The molecule has 7 heteroatoms. The number of nitro benzene ring substituents is 1. The van der Waals surface area contributed by atoms with Crippen molar-refractivity contribution < 1.29 is 19.2 Å². The van der Waals surface area contributed by atoms with Crippen LogP contribution in [-0.4, -0.2) is 33.0 Å². The summed E-state index contributed by atoms with van der Waals surface area (Å²) in [5, 5.41) is 20.2. The Balaban J connectivity index is 2.32. The smallest absolute Gasteiger partial charge is 0.324 e. The van der Waals surface area contributed by atoms with E-state index in [1.165, 1.54) is 12.1 Å². The highest BCUT2D eigenvalue weighted by Crippen LogP contribution is 2.35. The van der Waals surface area contributed by atoms with E-state index in [0.29, 0.717) is 19.4 Å². The van der Waals surface area contributed by atoms with Gasteiger partial charge >= 0.3 is 11.7 Å². The molecule has 1 fully saturated rings. The summed E-state index contributed by atoms with van der Waals surface area (Å²) in [4.78, 5) is 23.3. The zero-order chi connectivity index (χ0) is 15.6. The summed E-state index contributed by atoms with van der Waals surface area (Å²) >= 11 is 0. The van der Waals surface area contributed by atoms with Gasteiger partial charge in [0.25, 0.3) is 0 Å². The molecule has 0 amide bonds. The molecule has 0 spiro atoms. The fraction of sp³-hybridized carbons (Fsp3) is 0.500. The Bertz CT molecular complexity index is 578. The number of nitro groups is 1. The van der Waals surface area contributed by atoms with E-state index in [1.807, 2.05) is 0 Å². The van der Waals surface area contributed by atoms with Crippen molar-refractivity contribution in [2.75, 3.05) is 6.54 Å². The maximum Gasteiger partial charge on any atom is 0.324 e. The van der Waals surface area contributed by atoms with E-state index in [1.54, 1.807) is 11.8 Å². The number of hydrogen-bond acceptors (Lipinski definition) is 4. The number of carboxylic acid groups (broad SMARTS) is 1. The molecule has 0 bridgehead atoms. The van der Waals surface area contributed by atoms with Crippen LogP contribution in [0, 0.1) is 15.9 Å². The van der Waals surface area contributed by atoms with E-state index in [0.717, 1.165) is 12.5 Å². The zero-order valence-corrected chi connectivity index (χ0v) is 11.7. The molecule has 1 saturated heterocycles. The highest BCUT2D eigenvalue weighted by Gasteiger charge is 2.46. The van der Waals surface area contributed by atoms with Gasteiger partial charge in [-0.1, -0.05) is 19.1 Å². The van der Waals surface area contributed by atoms with E-state index in [-0.39, 0.29) is 12.1 Å². The van der Waals surface area contributed by atoms with Gasteiger partial charge in [0.15, 0.2) is 0 Å². The Morgan fingerprint density at radius 3 is 2.86 bits per heavy atom. The summed E-state index contributed by atoms with van der Waals surface area (Å²) in [6.07, 6.45) is 1.64. The molecule has 1 aromatic rings. The number of rotatable bonds is 5. The number of carboxylic acids is 1. The molecule has 1 N–H and O–H groups in total. The molecule has 1 heterocycles. The third-order valence-corrected chi connectivity index (χ3v) is 4.22. The predicted octanol–water partition coefficient (Wildman–Crippen LogP) is 2.56. The standard InChI is InChI=1S/C14H17FN2O4/c1-2-14(13(18)19)7-4-8-16(14)9-10-5-3-6-11(12(10)15)17(20)21/h3,5-6H,2,4,7-9H2,1H3,(H,18,19). The van der Waals surface area contributed by atoms with Gasteiger partial charge in [0.05, 0.1) is 4.92 Å². The summed E-state index contributed by atoms with van der Waals surface area (Å²) in [5.74, 6) is -1.81. The lowest BCUT2D eigenvalue weighted by molar-refractivity contribution is -0.387. The minimum Gasteiger partial charge on any atom is -0.480 e. The third-order valence-electron chi connectivity index (χ3n) is 4.22. The van der Waals surface area contributed by atoms with Crippen LogP contribution in [-0.2, 0) is 11.3 Å². The van der Waals surface area contributed by atoms with Crippen LogP contribution in [0.4, 0.5) is 10.1 Å². The lowest BCUT2D eigenvalue weighted by Gasteiger charge is -2.33. The van der Waals surface area contributed by atoms with Crippen LogP contribution >= 0.6 is 0 Å². The molecule has 1 aromatic carbocycles. The van der Waals surface area contributed by atoms with Gasteiger partial charge in [0.1, 0.15) is 5.54 Å². The van der Waals surface area contributed by atoms with Gasteiger partial charge < -0.3 is 5.11 Å². The largest absolute Gasteiger partial charge is 0.480 e. The first-order valence-corrected chi connectivity index (χ1v) is 6.82. The number of carbonyl (C=O) groups is 1. The number of benzene rings is 1. The molecule has 2 rings (SSSR count). The highest BCUT2D eigenvalue weighted by atomic mass is 19.1. The maximum atomic E-state index is 14.1. The van der Waals surface area contributed by atoms with Gasteiger partial charge in [-0.15, -0.1) is 0 Å². The van der Waals surface area contributed by atoms with Gasteiger partial charge in [0.2, 0.25) is 5.82 Å². The molecule has 6 nitrogen and oxygen atoms in total. The van der Waals surface area contributed by atoms with Crippen LogP contribution in [0.2, 0.25) is 0 Å². The summed E-state index contributed by atoms with van der Waals surface area (Å²) < 4.78 is 14.1. The SMILES string of the molecule is CCC1(C(=O)O)CCCN1Cc1cccc([N+](=O)[O-])c1F. The molecular formula is C14H17FN2O4. The van der Waals surface area contributed by atoms with Gasteiger partial charge in [-0.25, -0.2) is 0 Å². The lowest BCUT2D eigenvalue weighted by Crippen LogP contribution is -2.49. The summed E-state index contributed by atoms with van der Waals surface area (Å²) in [7, 11) is 0. The number of aliphatic carboxylic acids is 1. The molecule has 1 unspecified atom stereocenters. The Hall–Kier alpha value is -2.02.